The highest BCUT2D eigenvalue weighted by atomic mass is 31.2. The molecule has 0 aliphatic heterocycles. The fourth-order valence-electron chi connectivity index (χ4n) is 7.43. The molecule has 9 N–H and O–H groups in total. The van der Waals surface area contributed by atoms with Crippen LogP contribution in [0.25, 0.3) is 0 Å². The van der Waals surface area contributed by atoms with Gasteiger partial charge in [-0.05, 0) is 32.1 Å². The Kier molecular flexibility index (Phi) is 33.3. The first kappa shape index (κ1) is 55.8. The average molecular weight is 864 g/mol. The number of hydrogen-bond donors (Lipinski definition) is 9. The van der Waals surface area contributed by atoms with E-state index in [1.54, 1.807) is 6.08 Å². The number of amides is 1. The highest BCUT2D eigenvalue weighted by molar-refractivity contribution is 7.47. The van der Waals surface area contributed by atoms with Crippen molar-refractivity contribution in [3.8, 4) is 0 Å². The average Bonchev–Trinajstić information content (AvgIpc) is 3.21. The molecule has 0 radical (unpaired) electrons. The van der Waals surface area contributed by atoms with Gasteiger partial charge in [-0.1, -0.05) is 179 Å². The number of phosphoric ester groups is 1. The van der Waals surface area contributed by atoms with E-state index in [0.717, 1.165) is 44.9 Å². The fourth-order valence-corrected chi connectivity index (χ4v) is 8.40. The first-order chi connectivity index (χ1) is 28.3. The molecule has 14 heteroatoms. The van der Waals surface area contributed by atoms with Gasteiger partial charge in [-0.3, -0.25) is 13.8 Å². The Morgan fingerprint density at radius 3 is 1.49 bits per heavy atom. The summed E-state index contributed by atoms with van der Waals surface area (Å²) in [5.74, 6) is -0.601. The molecule has 0 aromatic rings. The van der Waals surface area contributed by atoms with Crippen molar-refractivity contribution in [2.24, 2.45) is 0 Å². The molecule has 8 unspecified atom stereocenters. The number of carbonyl (C=O) groups excluding carboxylic acids is 1. The SMILES string of the molecule is CCCCCCCCCCC/C=C/CC/C=C/C(O)C(COP(=O)(O)OC1C(O)C(O)C(O)C(O)C1O)NC(=O)CC(O)CCCCCCCCCCCCCCCC. The maximum atomic E-state index is 13.0. The lowest BCUT2D eigenvalue weighted by Gasteiger charge is -2.41. The maximum Gasteiger partial charge on any atom is 0.472 e. The van der Waals surface area contributed by atoms with E-state index >= 15 is 0 Å². The van der Waals surface area contributed by atoms with Crippen LogP contribution in [-0.4, -0.2) is 108 Å². The van der Waals surface area contributed by atoms with Crippen molar-refractivity contribution in [3.05, 3.63) is 24.3 Å². The Labute approximate surface area is 356 Å². The number of carbonyl (C=O) groups is 1. The minimum atomic E-state index is -5.14. The van der Waals surface area contributed by atoms with Crippen molar-refractivity contribution in [1.82, 2.24) is 5.32 Å². The summed E-state index contributed by atoms with van der Waals surface area (Å²) in [6.07, 6.45) is 24.1. The summed E-state index contributed by atoms with van der Waals surface area (Å²) < 4.78 is 22.8. The Morgan fingerprint density at radius 1 is 0.593 bits per heavy atom. The van der Waals surface area contributed by atoms with Gasteiger partial charge in [0.2, 0.25) is 5.91 Å². The van der Waals surface area contributed by atoms with Crippen LogP contribution in [-0.2, 0) is 18.4 Å². The second-order valence-corrected chi connectivity index (χ2v) is 18.2. The largest absolute Gasteiger partial charge is 0.472 e. The van der Waals surface area contributed by atoms with Gasteiger partial charge in [0.1, 0.15) is 36.6 Å². The molecule has 8 atom stereocenters. The van der Waals surface area contributed by atoms with E-state index in [9.17, 15) is 50.0 Å². The van der Waals surface area contributed by atoms with Crippen molar-refractivity contribution in [2.45, 2.75) is 249 Å². The molecule has 0 aromatic carbocycles. The maximum absolute atomic E-state index is 13.0. The van der Waals surface area contributed by atoms with Crippen LogP contribution in [0.3, 0.4) is 0 Å². The Morgan fingerprint density at radius 2 is 1.00 bits per heavy atom. The Bertz CT molecular complexity index is 1110. The van der Waals surface area contributed by atoms with Crippen LogP contribution in [0, 0.1) is 0 Å². The summed E-state index contributed by atoms with van der Waals surface area (Å²) in [4.78, 5) is 23.4. The number of rotatable bonds is 38. The predicted molar refractivity (Wildman–Crippen MR) is 234 cm³/mol. The smallest absolute Gasteiger partial charge is 0.393 e. The Balaban J connectivity index is 2.58. The van der Waals surface area contributed by atoms with E-state index in [1.807, 2.05) is 0 Å². The molecule has 0 bridgehead atoms. The lowest BCUT2D eigenvalue weighted by atomic mass is 9.85. The first-order valence-corrected chi connectivity index (χ1v) is 24.9. The molecule has 13 nitrogen and oxygen atoms in total. The van der Waals surface area contributed by atoms with Gasteiger partial charge >= 0.3 is 7.82 Å². The normalized spacial score (nSPS) is 23.8. The van der Waals surface area contributed by atoms with Crippen LogP contribution in [0.4, 0.5) is 0 Å². The zero-order valence-corrected chi connectivity index (χ0v) is 37.6. The van der Waals surface area contributed by atoms with Gasteiger partial charge < -0.3 is 46.0 Å². The topological polar surface area (TPSA) is 226 Å². The van der Waals surface area contributed by atoms with Gasteiger partial charge in [-0.15, -0.1) is 0 Å². The van der Waals surface area contributed by atoms with Crippen LogP contribution in [0.2, 0.25) is 0 Å². The van der Waals surface area contributed by atoms with Crippen molar-refractivity contribution in [2.75, 3.05) is 6.61 Å². The van der Waals surface area contributed by atoms with E-state index < -0.39 is 75.2 Å². The first-order valence-electron chi connectivity index (χ1n) is 23.4. The molecular formula is C45H86NO12P. The Hall–Kier alpha value is -1.22. The van der Waals surface area contributed by atoms with E-state index in [1.165, 1.54) is 122 Å². The zero-order chi connectivity index (χ0) is 43.7. The summed E-state index contributed by atoms with van der Waals surface area (Å²) in [5, 5.41) is 74.4. The van der Waals surface area contributed by atoms with E-state index in [2.05, 4.69) is 31.3 Å². The standard InChI is InChI=1S/C45H86NO12P/c1-3-5-7-9-11-13-15-17-19-21-23-25-27-29-31-33-38(48)37(35-57-59(55,56)58-45-43(53)41(51)40(50)42(52)44(45)54)46-39(49)34-36(47)32-30-28-26-24-22-20-18-16-14-12-10-8-6-4-2/h23,25,31,33,36-38,40-45,47-48,50-54H,3-22,24,26-30,32,34-35H2,1-2H3,(H,46,49)(H,55,56)/b25-23+,33-31+. The number of hydrogen-bond acceptors (Lipinski definition) is 11. The molecule has 1 aliphatic carbocycles. The summed E-state index contributed by atoms with van der Waals surface area (Å²) in [7, 11) is -5.14. The summed E-state index contributed by atoms with van der Waals surface area (Å²) in [6.45, 7) is 3.72. The third-order valence-electron chi connectivity index (χ3n) is 11.3. The van der Waals surface area contributed by atoms with Crippen LogP contribution in [0.1, 0.15) is 194 Å². The summed E-state index contributed by atoms with van der Waals surface area (Å²) in [5.41, 5.74) is 0. The predicted octanol–water partition coefficient (Wildman–Crippen LogP) is 7.59. The fraction of sp³-hybridized carbons (Fsp3) is 0.889. The van der Waals surface area contributed by atoms with Gasteiger partial charge in [-0.25, -0.2) is 4.57 Å². The molecular weight excluding hydrogens is 777 g/mol. The number of allylic oxidation sites excluding steroid dienone is 3. The van der Waals surface area contributed by atoms with E-state index in [-0.39, 0.29) is 6.42 Å². The van der Waals surface area contributed by atoms with Gasteiger partial charge in [0.25, 0.3) is 0 Å². The van der Waals surface area contributed by atoms with Crippen molar-refractivity contribution in [1.29, 1.82) is 0 Å². The molecule has 1 aliphatic rings. The molecule has 0 aromatic heterocycles. The van der Waals surface area contributed by atoms with E-state index in [0.29, 0.717) is 12.8 Å². The van der Waals surface area contributed by atoms with E-state index in [4.69, 9.17) is 9.05 Å². The van der Waals surface area contributed by atoms with Crippen LogP contribution in [0.15, 0.2) is 24.3 Å². The molecule has 1 rings (SSSR count). The lowest BCUT2D eigenvalue weighted by Crippen LogP contribution is -2.64. The molecule has 1 saturated carbocycles. The number of nitrogens with one attached hydrogen (secondary N) is 1. The minimum absolute atomic E-state index is 0.249. The second kappa shape index (κ2) is 35.3. The quantitative estimate of drug-likeness (QED) is 0.0166. The van der Waals surface area contributed by atoms with Crippen molar-refractivity contribution in [3.63, 3.8) is 0 Å². The van der Waals surface area contributed by atoms with Crippen molar-refractivity contribution < 1.29 is 59.0 Å². The lowest BCUT2D eigenvalue weighted by molar-refractivity contribution is -0.220. The third-order valence-corrected chi connectivity index (χ3v) is 12.3. The molecule has 59 heavy (non-hydrogen) atoms. The third kappa shape index (κ3) is 27.5. The van der Waals surface area contributed by atoms with Crippen LogP contribution >= 0.6 is 7.82 Å². The summed E-state index contributed by atoms with van der Waals surface area (Å²) in [6, 6.07) is -1.25. The molecule has 0 saturated heterocycles. The van der Waals surface area contributed by atoms with Gasteiger partial charge in [0.15, 0.2) is 0 Å². The van der Waals surface area contributed by atoms with Crippen LogP contribution < -0.4 is 5.32 Å². The zero-order valence-electron chi connectivity index (χ0n) is 36.7. The number of aliphatic hydroxyl groups is 7. The van der Waals surface area contributed by atoms with Gasteiger partial charge in [0.05, 0.1) is 31.3 Å². The number of unbranched alkanes of at least 4 members (excludes halogenated alkanes) is 23. The number of aliphatic hydroxyl groups excluding tert-OH is 7. The monoisotopic (exact) mass is 864 g/mol. The molecule has 0 spiro atoms. The molecule has 1 amide bonds. The highest BCUT2D eigenvalue weighted by Gasteiger charge is 2.51. The molecule has 1 fully saturated rings. The highest BCUT2D eigenvalue weighted by Crippen LogP contribution is 2.47. The molecule has 348 valence electrons. The summed E-state index contributed by atoms with van der Waals surface area (Å²) >= 11 is 0. The molecule has 0 heterocycles. The van der Waals surface area contributed by atoms with Gasteiger partial charge in [-0.2, -0.15) is 0 Å². The van der Waals surface area contributed by atoms with Crippen molar-refractivity contribution >= 4 is 13.7 Å². The van der Waals surface area contributed by atoms with Crippen LogP contribution in [0.5, 0.6) is 0 Å². The number of phosphoric acid groups is 1. The second-order valence-electron chi connectivity index (χ2n) is 16.8. The van der Waals surface area contributed by atoms with Gasteiger partial charge in [0, 0.05) is 0 Å². The minimum Gasteiger partial charge on any atom is -0.393 e.